The Kier molecular flexibility index (Phi) is 5.71. The van der Waals surface area contributed by atoms with Crippen molar-refractivity contribution in [2.45, 2.75) is 32.1 Å². The van der Waals surface area contributed by atoms with Gasteiger partial charge in [-0.15, -0.1) is 11.6 Å². The first-order valence-electron chi connectivity index (χ1n) is 5.29. The quantitative estimate of drug-likeness (QED) is 0.710. The van der Waals surface area contributed by atoms with E-state index in [1.54, 1.807) is 0 Å². The molecule has 0 saturated heterocycles. The van der Waals surface area contributed by atoms with E-state index in [1.165, 1.54) is 12.8 Å². The average Bonchev–Trinajstić information content (AvgIpc) is 2.18. The van der Waals surface area contributed by atoms with Gasteiger partial charge in [0.15, 0.2) is 0 Å². The van der Waals surface area contributed by atoms with E-state index in [2.05, 4.69) is 5.32 Å². The molecule has 1 aliphatic rings. The van der Waals surface area contributed by atoms with E-state index in [0.29, 0.717) is 24.3 Å². The van der Waals surface area contributed by atoms with Gasteiger partial charge in [0.05, 0.1) is 6.54 Å². The summed E-state index contributed by atoms with van der Waals surface area (Å²) in [6, 6.07) is 0. The third kappa shape index (κ3) is 4.09. The van der Waals surface area contributed by atoms with Gasteiger partial charge in [0.25, 0.3) is 6.43 Å². The molecule has 0 aliphatic heterocycles. The fraction of sp³-hybridized carbons (Fsp3) is 1.00. The summed E-state index contributed by atoms with van der Waals surface area (Å²) in [5.41, 5.74) is 0. The summed E-state index contributed by atoms with van der Waals surface area (Å²) in [4.78, 5) is 0. The summed E-state index contributed by atoms with van der Waals surface area (Å²) in [7, 11) is 0. The predicted molar refractivity (Wildman–Crippen MR) is 55.0 cm³/mol. The van der Waals surface area contributed by atoms with E-state index in [1.807, 2.05) is 0 Å². The Morgan fingerprint density at radius 2 is 1.86 bits per heavy atom. The highest BCUT2D eigenvalue weighted by Crippen LogP contribution is 2.30. The van der Waals surface area contributed by atoms with Crippen molar-refractivity contribution in [2.75, 3.05) is 19.0 Å². The number of nitrogens with one attached hydrogen (secondary N) is 1. The van der Waals surface area contributed by atoms with Crippen molar-refractivity contribution in [3.05, 3.63) is 0 Å². The lowest BCUT2D eigenvalue weighted by atomic mass is 9.80. The fourth-order valence-corrected chi connectivity index (χ4v) is 2.54. The summed E-state index contributed by atoms with van der Waals surface area (Å²) in [6.07, 6.45) is 2.50. The zero-order valence-corrected chi connectivity index (χ0v) is 9.07. The second-order valence-electron chi connectivity index (χ2n) is 4.01. The smallest absolute Gasteiger partial charge is 0.250 e. The van der Waals surface area contributed by atoms with Crippen LogP contribution in [0, 0.1) is 11.8 Å². The molecule has 4 heteroatoms. The lowest BCUT2D eigenvalue weighted by molar-refractivity contribution is 0.139. The first-order valence-corrected chi connectivity index (χ1v) is 5.82. The molecule has 0 spiro atoms. The second-order valence-corrected chi connectivity index (χ2v) is 4.32. The SMILES string of the molecule is FC(F)CNCC1CCCCC1CCl. The molecular formula is C10H18ClF2N. The van der Waals surface area contributed by atoms with Crippen LogP contribution in [-0.2, 0) is 0 Å². The van der Waals surface area contributed by atoms with Crippen LogP contribution in [0.3, 0.4) is 0 Å². The van der Waals surface area contributed by atoms with E-state index < -0.39 is 6.43 Å². The standard InChI is InChI=1S/C10H18ClF2N/c11-5-8-3-1-2-4-9(8)6-14-7-10(12)13/h8-10,14H,1-7H2. The predicted octanol–water partition coefficient (Wildman–Crippen LogP) is 2.89. The third-order valence-corrected chi connectivity index (χ3v) is 3.37. The monoisotopic (exact) mass is 225 g/mol. The first kappa shape index (κ1) is 12.2. The minimum Gasteiger partial charge on any atom is -0.311 e. The van der Waals surface area contributed by atoms with E-state index >= 15 is 0 Å². The molecule has 14 heavy (non-hydrogen) atoms. The molecule has 1 aliphatic carbocycles. The average molecular weight is 226 g/mol. The first-order chi connectivity index (χ1) is 6.74. The Balaban J connectivity index is 2.19. The number of hydrogen-bond donors (Lipinski definition) is 1. The Bertz CT molecular complexity index is 155. The van der Waals surface area contributed by atoms with Gasteiger partial charge in [0.2, 0.25) is 0 Å². The summed E-state index contributed by atoms with van der Waals surface area (Å²) in [5, 5.41) is 2.81. The maximum atomic E-state index is 11.9. The van der Waals surface area contributed by atoms with Crippen molar-refractivity contribution in [1.82, 2.24) is 5.32 Å². The van der Waals surface area contributed by atoms with Gasteiger partial charge in [0, 0.05) is 5.88 Å². The zero-order valence-electron chi connectivity index (χ0n) is 8.32. The van der Waals surface area contributed by atoms with E-state index in [0.717, 1.165) is 12.8 Å². The molecule has 0 radical (unpaired) electrons. The molecule has 2 atom stereocenters. The molecule has 84 valence electrons. The zero-order chi connectivity index (χ0) is 10.4. The van der Waals surface area contributed by atoms with Crippen molar-refractivity contribution in [1.29, 1.82) is 0 Å². The summed E-state index contributed by atoms with van der Waals surface area (Å²) in [5.74, 6) is 1.69. The number of halogens is 3. The van der Waals surface area contributed by atoms with Crippen molar-refractivity contribution >= 4 is 11.6 Å². The molecule has 0 amide bonds. The molecule has 0 heterocycles. The van der Waals surface area contributed by atoms with Crippen LogP contribution in [-0.4, -0.2) is 25.4 Å². The number of hydrogen-bond acceptors (Lipinski definition) is 1. The van der Waals surface area contributed by atoms with Crippen LogP contribution >= 0.6 is 11.6 Å². The van der Waals surface area contributed by atoms with Gasteiger partial charge >= 0.3 is 0 Å². The molecule has 1 rings (SSSR count). The van der Waals surface area contributed by atoms with Gasteiger partial charge in [-0.05, 0) is 31.2 Å². The van der Waals surface area contributed by atoms with Gasteiger partial charge in [-0.25, -0.2) is 8.78 Å². The fourth-order valence-electron chi connectivity index (χ4n) is 2.13. The summed E-state index contributed by atoms with van der Waals surface area (Å²) < 4.78 is 23.8. The van der Waals surface area contributed by atoms with Gasteiger partial charge in [-0.3, -0.25) is 0 Å². The van der Waals surface area contributed by atoms with Crippen LogP contribution in [0.2, 0.25) is 0 Å². The van der Waals surface area contributed by atoms with Crippen LogP contribution in [0.25, 0.3) is 0 Å². The van der Waals surface area contributed by atoms with Crippen molar-refractivity contribution in [3.8, 4) is 0 Å². The normalized spacial score (nSPS) is 28.3. The summed E-state index contributed by atoms with van der Waals surface area (Å²) in [6.45, 7) is 0.507. The van der Waals surface area contributed by atoms with Crippen LogP contribution in [0.4, 0.5) is 8.78 Å². The molecular weight excluding hydrogens is 208 g/mol. The molecule has 1 saturated carbocycles. The molecule has 1 fully saturated rings. The van der Waals surface area contributed by atoms with E-state index in [4.69, 9.17) is 11.6 Å². The second kappa shape index (κ2) is 6.57. The van der Waals surface area contributed by atoms with E-state index in [-0.39, 0.29) is 6.54 Å². The molecule has 2 unspecified atom stereocenters. The third-order valence-electron chi connectivity index (χ3n) is 2.97. The topological polar surface area (TPSA) is 12.0 Å². The van der Waals surface area contributed by atoms with Crippen molar-refractivity contribution < 1.29 is 8.78 Å². The molecule has 0 aromatic carbocycles. The highest BCUT2D eigenvalue weighted by molar-refractivity contribution is 6.18. The van der Waals surface area contributed by atoms with Crippen molar-refractivity contribution in [2.24, 2.45) is 11.8 Å². The Hall–Kier alpha value is 0.110. The molecule has 0 bridgehead atoms. The molecule has 1 nitrogen and oxygen atoms in total. The lowest BCUT2D eigenvalue weighted by Gasteiger charge is -2.30. The maximum Gasteiger partial charge on any atom is 0.250 e. The maximum absolute atomic E-state index is 11.9. The van der Waals surface area contributed by atoms with Crippen LogP contribution in [0.1, 0.15) is 25.7 Å². The van der Waals surface area contributed by atoms with Gasteiger partial charge in [0.1, 0.15) is 0 Å². The van der Waals surface area contributed by atoms with Crippen molar-refractivity contribution in [3.63, 3.8) is 0 Å². The van der Waals surface area contributed by atoms with Gasteiger partial charge in [-0.1, -0.05) is 12.8 Å². The highest BCUT2D eigenvalue weighted by atomic mass is 35.5. The molecule has 0 aromatic rings. The Labute approximate surface area is 89.2 Å². The van der Waals surface area contributed by atoms with Crippen LogP contribution in [0.5, 0.6) is 0 Å². The highest BCUT2D eigenvalue weighted by Gasteiger charge is 2.23. The van der Waals surface area contributed by atoms with Gasteiger partial charge < -0.3 is 5.32 Å². The summed E-state index contributed by atoms with van der Waals surface area (Å²) >= 11 is 5.84. The Morgan fingerprint density at radius 3 is 2.43 bits per heavy atom. The minimum atomic E-state index is -2.24. The number of rotatable bonds is 5. The van der Waals surface area contributed by atoms with Gasteiger partial charge in [-0.2, -0.15) is 0 Å². The Morgan fingerprint density at radius 1 is 1.21 bits per heavy atom. The largest absolute Gasteiger partial charge is 0.311 e. The van der Waals surface area contributed by atoms with Crippen LogP contribution < -0.4 is 5.32 Å². The lowest BCUT2D eigenvalue weighted by Crippen LogP contribution is -2.33. The molecule has 0 aromatic heterocycles. The van der Waals surface area contributed by atoms with Crippen LogP contribution in [0.15, 0.2) is 0 Å². The molecule has 1 N–H and O–H groups in total. The minimum absolute atomic E-state index is 0.189. The number of alkyl halides is 3. The van der Waals surface area contributed by atoms with E-state index in [9.17, 15) is 8.78 Å².